The maximum Gasteiger partial charge on any atom is 0.224 e. The van der Waals surface area contributed by atoms with Crippen molar-refractivity contribution in [3.63, 3.8) is 0 Å². The summed E-state index contributed by atoms with van der Waals surface area (Å²) in [7, 11) is 0. The SMILES string of the molecule is CC(C)NC(=O)[C@@H]1CN2CC[C@H]1C[C@@H]2Cn1cc(C(C)(C)C)nn1. The van der Waals surface area contributed by atoms with Gasteiger partial charge in [0, 0.05) is 30.2 Å². The highest BCUT2D eigenvalue weighted by molar-refractivity contribution is 5.79. The summed E-state index contributed by atoms with van der Waals surface area (Å²) in [6.07, 6.45) is 4.30. The van der Waals surface area contributed by atoms with Gasteiger partial charge in [0.15, 0.2) is 0 Å². The zero-order valence-corrected chi connectivity index (χ0v) is 15.6. The number of carbonyl (C=O) groups is 1. The van der Waals surface area contributed by atoms with Gasteiger partial charge in [-0.15, -0.1) is 5.10 Å². The van der Waals surface area contributed by atoms with Gasteiger partial charge < -0.3 is 5.32 Å². The van der Waals surface area contributed by atoms with Crippen molar-refractivity contribution in [1.82, 2.24) is 25.2 Å². The van der Waals surface area contributed by atoms with Crippen molar-refractivity contribution in [3.8, 4) is 0 Å². The molecule has 0 radical (unpaired) electrons. The van der Waals surface area contributed by atoms with E-state index in [1.807, 2.05) is 18.5 Å². The highest BCUT2D eigenvalue weighted by Gasteiger charge is 2.43. The minimum Gasteiger partial charge on any atom is -0.354 e. The van der Waals surface area contributed by atoms with E-state index in [2.05, 4.69) is 47.5 Å². The van der Waals surface area contributed by atoms with Crippen LogP contribution in [0.3, 0.4) is 0 Å². The fraction of sp³-hybridized carbons (Fsp3) is 0.833. The number of amides is 1. The average Bonchev–Trinajstić information content (AvgIpc) is 2.96. The van der Waals surface area contributed by atoms with Crippen molar-refractivity contribution in [2.45, 2.75) is 71.5 Å². The number of nitrogens with zero attached hydrogens (tertiary/aromatic N) is 4. The van der Waals surface area contributed by atoms with Crippen LogP contribution in [0.15, 0.2) is 6.20 Å². The largest absolute Gasteiger partial charge is 0.354 e. The lowest BCUT2D eigenvalue weighted by molar-refractivity contribution is -0.133. The Balaban J connectivity index is 1.62. The van der Waals surface area contributed by atoms with E-state index in [-0.39, 0.29) is 23.3 Å². The molecule has 6 nitrogen and oxygen atoms in total. The molecule has 1 unspecified atom stereocenters. The molecule has 3 aliphatic rings. The number of hydrogen-bond acceptors (Lipinski definition) is 4. The molecule has 3 aliphatic heterocycles. The van der Waals surface area contributed by atoms with Gasteiger partial charge in [-0.2, -0.15) is 0 Å². The van der Waals surface area contributed by atoms with Crippen LogP contribution >= 0.6 is 0 Å². The van der Waals surface area contributed by atoms with Crippen LogP contribution in [-0.2, 0) is 16.8 Å². The minimum atomic E-state index is 0.0319. The number of fused-ring (bicyclic) bond motifs is 3. The van der Waals surface area contributed by atoms with Crippen LogP contribution in [-0.4, -0.2) is 51.0 Å². The zero-order chi connectivity index (χ0) is 17.5. The molecule has 4 atom stereocenters. The first-order chi connectivity index (χ1) is 11.2. The Labute approximate surface area is 145 Å². The van der Waals surface area contributed by atoms with E-state index in [9.17, 15) is 4.79 Å². The van der Waals surface area contributed by atoms with Crippen molar-refractivity contribution in [3.05, 3.63) is 11.9 Å². The van der Waals surface area contributed by atoms with E-state index in [4.69, 9.17) is 0 Å². The zero-order valence-electron chi connectivity index (χ0n) is 15.6. The van der Waals surface area contributed by atoms with E-state index < -0.39 is 0 Å². The number of piperidine rings is 3. The fourth-order valence-corrected chi connectivity index (χ4v) is 3.96. The van der Waals surface area contributed by atoms with Gasteiger partial charge >= 0.3 is 0 Å². The summed E-state index contributed by atoms with van der Waals surface area (Å²) in [5.41, 5.74) is 1.07. The Bertz CT molecular complexity index is 588. The van der Waals surface area contributed by atoms with E-state index >= 15 is 0 Å². The summed E-state index contributed by atoms with van der Waals surface area (Å²) in [5, 5.41) is 11.7. The molecule has 4 heterocycles. The third-order valence-corrected chi connectivity index (χ3v) is 5.35. The molecule has 2 bridgehead atoms. The number of nitrogens with one attached hydrogen (secondary N) is 1. The maximum atomic E-state index is 12.4. The van der Waals surface area contributed by atoms with Gasteiger partial charge in [0.25, 0.3) is 0 Å². The lowest BCUT2D eigenvalue weighted by Gasteiger charge is -2.49. The number of aromatic nitrogens is 3. The van der Waals surface area contributed by atoms with E-state index in [0.29, 0.717) is 12.0 Å². The van der Waals surface area contributed by atoms with Crippen molar-refractivity contribution in [2.24, 2.45) is 11.8 Å². The maximum absolute atomic E-state index is 12.4. The predicted molar refractivity (Wildman–Crippen MR) is 93.6 cm³/mol. The standard InChI is InChI=1S/C18H31N5O/c1-12(2)19-17(24)15-10-22-7-6-13(15)8-14(22)9-23-11-16(20-21-23)18(3,4)5/h11-15H,6-10H2,1-5H3,(H,19,24)/t13-,14+,15+/m0/s1. The van der Waals surface area contributed by atoms with Crippen LogP contribution in [0.2, 0.25) is 0 Å². The molecule has 4 rings (SSSR count). The molecule has 134 valence electrons. The van der Waals surface area contributed by atoms with Gasteiger partial charge in [0.2, 0.25) is 5.91 Å². The number of rotatable bonds is 4. The molecule has 1 aromatic heterocycles. The summed E-state index contributed by atoms with van der Waals surface area (Å²) in [5.74, 6) is 0.886. The first-order valence-electron chi connectivity index (χ1n) is 9.19. The third-order valence-electron chi connectivity index (χ3n) is 5.35. The molecular formula is C18H31N5O. The van der Waals surface area contributed by atoms with Crippen LogP contribution in [0.5, 0.6) is 0 Å². The highest BCUT2D eigenvalue weighted by atomic mass is 16.2. The molecule has 24 heavy (non-hydrogen) atoms. The Morgan fingerprint density at radius 2 is 2.17 bits per heavy atom. The predicted octanol–water partition coefficient (Wildman–Crippen LogP) is 1.81. The first-order valence-corrected chi connectivity index (χ1v) is 9.19. The van der Waals surface area contributed by atoms with Crippen LogP contribution in [0.25, 0.3) is 0 Å². The summed E-state index contributed by atoms with van der Waals surface area (Å²) < 4.78 is 1.98. The summed E-state index contributed by atoms with van der Waals surface area (Å²) in [6, 6.07) is 0.691. The number of hydrogen-bond donors (Lipinski definition) is 1. The van der Waals surface area contributed by atoms with Gasteiger partial charge in [-0.05, 0) is 39.2 Å². The number of carbonyl (C=O) groups excluding carboxylic acids is 1. The van der Waals surface area contributed by atoms with Gasteiger partial charge in [-0.25, -0.2) is 0 Å². The highest BCUT2D eigenvalue weighted by Crippen LogP contribution is 2.37. The lowest BCUT2D eigenvalue weighted by Crippen LogP contribution is -2.58. The normalized spacial score (nSPS) is 29.9. The van der Waals surface area contributed by atoms with Gasteiger partial charge in [-0.3, -0.25) is 14.4 Å². The molecule has 3 fully saturated rings. The smallest absolute Gasteiger partial charge is 0.224 e. The second-order valence-corrected chi connectivity index (χ2v) is 8.78. The molecule has 0 aliphatic carbocycles. The molecule has 6 heteroatoms. The Kier molecular flexibility index (Phi) is 4.69. The van der Waals surface area contributed by atoms with Crippen LogP contribution in [0, 0.1) is 11.8 Å². The molecule has 1 aromatic rings. The summed E-state index contributed by atoms with van der Waals surface area (Å²) in [6.45, 7) is 13.4. The molecule has 1 amide bonds. The van der Waals surface area contributed by atoms with Gasteiger partial charge in [0.1, 0.15) is 0 Å². The van der Waals surface area contributed by atoms with Gasteiger partial charge in [-0.1, -0.05) is 26.0 Å². The van der Waals surface area contributed by atoms with Crippen molar-refractivity contribution in [1.29, 1.82) is 0 Å². The summed E-state index contributed by atoms with van der Waals surface area (Å²) >= 11 is 0. The van der Waals surface area contributed by atoms with Crippen molar-refractivity contribution >= 4 is 5.91 Å². The van der Waals surface area contributed by atoms with E-state index in [1.54, 1.807) is 0 Å². The van der Waals surface area contributed by atoms with Crippen molar-refractivity contribution < 1.29 is 4.79 Å². The van der Waals surface area contributed by atoms with E-state index in [1.165, 1.54) is 0 Å². The lowest BCUT2D eigenvalue weighted by atomic mass is 9.75. The molecule has 0 aromatic carbocycles. The Hall–Kier alpha value is -1.43. The van der Waals surface area contributed by atoms with Crippen LogP contribution in [0.1, 0.15) is 53.2 Å². The van der Waals surface area contributed by atoms with E-state index in [0.717, 1.165) is 38.2 Å². The van der Waals surface area contributed by atoms with Crippen LogP contribution < -0.4 is 5.32 Å². The average molecular weight is 333 g/mol. The molecule has 0 saturated carbocycles. The molecule has 0 spiro atoms. The Morgan fingerprint density at radius 1 is 1.42 bits per heavy atom. The summed E-state index contributed by atoms with van der Waals surface area (Å²) in [4.78, 5) is 14.9. The van der Waals surface area contributed by atoms with Crippen molar-refractivity contribution in [2.75, 3.05) is 13.1 Å². The second kappa shape index (κ2) is 6.47. The quantitative estimate of drug-likeness (QED) is 0.913. The third kappa shape index (κ3) is 3.63. The molecule has 3 saturated heterocycles. The molecular weight excluding hydrogens is 302 g/mol. The second-order valence-electron chi connectivity index (χ2n) is 8.78. The first kappa shape index (κ1) is 17.4. The Morgan fingerprint density at radius 3 is 2.71 bits per heavy atom. The fourth-order valence-electron chi connectivity index (χ4n) is 3.96. The van der Waals surface area contributed by atoms with Crippen LogP contribution in [0.4, 0.5) is 0 Å². The monoisotopic (exact) mass is 333 g/mol. The minimum absolute atomic E-state index is 0.0319. The topological polar surface area (TPSA) is 63.1 Å². The van der Waals surface area contributed by atoms with Gasteiger partial charge in [0.05, 0.1) is 18.2 Å². The molecule has 1 N–H and O–H groups in total.